The third-order valence-corrected chi connectivity index (χ3v) is 4.74. The van der Waals surface area contributed by atoms with Crippen LogP contribution in [0.5, 0.6) is 0 Å². The second-order valence-corrected chi connectivity index (χ2v) is 8.94. The normalized spacial score (nSPS) is 12.2. The van der Waals surface area contributed by atoms with Crippen LogP contribution in [-0.4, -0.2) is 41.4 Å². The topological polar surface area (TPSA) is 145 Å². The summed E-state index contributed by atoms with van der Waals surface area (Å²) in [6.45, 7) is 5.26. The average molecular weight is 509 g/mol. The molecule has 0 fully saturated rings. The number of alkyl carbamates (subject to hydrolysis) is 1. The Kier molecular flexibility index (Phi) is 9.11. The van der Waals surface area contributed by atoms with E-state index in [0.717, 1.165) is 5.56 Å². The molecule has 0 aliphatic rings. The van der Waals surface area contributed by atoms with Gasteiger partial charge in [0.25, 0.3) is 11.6 Å². The molecule has 0 radical (unpaired) electrons. The molecule has 0 aliphatic carbocycles. The van der Waals surface area contributed by atoms with Gasteiger partial charge >= 0.3 is 6.09 Å². The summed E-state index contributed by atoms with van der Waals surface area (Å²) in [5.74, 6) is 0.0784. The number of furan rings is 1. The number of non-ortho nitro benzene ring substituents is 1. The van der Waals surface area contributed by atoms with Gasteiger partial charge in [0.05, 0.1) is 24.4 Å². The van der Waals surface area contributed by atoms with Crippen molar-refractivity contribution in [3.63, 3.8) is 0 Å². The lowest BCUT2D eigenvalue weighted by Gasteiger charge is -2.22. The van der Waals surface area contributed by atoms with Crippen LogP contribution in [0.3, 0.4) is 0 Å². The minimum absolute atomic E-state index is 0.0607. The second kappa shape index (κ2) is 12.5. The monoisotopic (exact) mass is 508 g/mol. The van der Waals surface area contributed by atoms with Crippen molar-refractivity contribution in [1.29, 1.82) is 0 Å². The van der Waals surface area contributed by atoms with Crippen LogP contribution < -0.4 is 10.7 Å². The van der Waals surface area contributed by atoms with E-state index in [9.17, 15) is 19.7 Å². The van der Waals surface area contributed by atoms with Gasteiger partial charge in [-0.3, -0.25) is 14.9 Å². The molecule has 2 aromatic carbocycles. The zero-order valence-corrected chi connectivity index (χ0v) is 20.7. The number of carbonyl (C=O) groups excluding carboxylic acids is 2. The maximum atomic E-state index is 12.7. The first kappa shape index (κ1) is 27.1. The third kappa shape index (κ3) is 8.89. The molecule has 0 spiro atoms. The number of hydrogen-bond donors (Lipinski definition) is 2. The van der Waals surface area contributed by atoms with E-state index in [-0.39, 0.29) is 18.9 Å². The number of hydrogen-bond acceptors (Lipinski definition) is 8. The van der Waals surface area contributed by atoms with E-state index in [2.05, 4.69) is 15.8 Å². The number of carbonyl (C=O) groups is 2. The number of nitro groups is 1. The number of nitro benzene ring substituents is 1. The van der Waals surface area contributed by atoms with Gasteiger partial charge in [0, 0.05) is 17.7 Å². The van der Waals surface area contributed by atoms with Crippen LogP contribution in [0.15, 0.2) is 76.2 Å². The van der Waals surface area contributed by atoms with E-state index in [1.807, 2.05) is 30.3 Å². The summed E-state index contributed by atoms with van der Waals surface area (Å²) in [5, 5.41) is 17.4. The van der Waals surface area contributed by atoms with E-state index in [1.54, 1.807) is 45.0 Å². The summed E-state index contributed by atoms with van der Waals surface area (Å²) in [7, 11) is 0. The van der Waals surface area contributed by atoms with Gasteiger partial charge in [0.1, 0.15) is 23.2 Å². The Balaban J connectivity index is 1.62. The molecule has 0 unspecified atom stereocenters. The predicted molar refractivity (Wildman–Crippen MR) is 136 cm³/mol. The van der Waals surface area contributed by atoms with Gasteiger partial charge in [-0.05, 0) is 38.5 Å². The van der Waals surface area contributed by atoms with E-state index in [1.165, 1.54) is 18.3 Å². The fraction of sp³-hybridized carbons (Fsp3) is 0.269. The highest BCUT2D eigenvalue weighted by Gasteiger charge is 2.24. The highest BCUT2D eigenvalue weighted by Crippen LogP contribution is 2.25. The Morgan fingerprint density at radius 3 is 2.57 bits per heavy atom. The summed E-state index contributed by atoms with van der Waals surface area (Å²) < 4.78 is 16.5. The van der Waals surface area contributed by atoms with Gasteiger partial charge in [-0.15, -0.1) is 0 Å². The lowest BCUT2D eigenvalue weighted by atomic mass is 10.1. The fourth-order valence-electron chi connectivity index (χ4n) is 3.09. The highest BCUT2D eigenvalue weighted by molar-refractivity contribution is 5.87. The molecule has 11 nitrogen and oxygen atoms in total. The van der Waals surface area contributed by atoms with Crippen molar-refractivity contribution in [2.24, 2.45) is 5.10 Å². The van der Waals surface area contributed by atoms with Crippen LogP contribution in [0.4, 0.5) is 10.5 Å². The zero-order valence-electron chi connectivity index (χ0n) is 20.7. The van der Waals surface area contributed by atoms with E-state index >= 15 is 0 Å². The van der Waals surface area contributed by atoms with Crippen molar-refractivity contribution >= 4 is 23.9 Å². The maximum Gasteiger partial charge on any atom is 0.408 e. The fourth-order valence-corrected chi connectivity index (χ4v) is 3.09. The van der Waals surface area contributed by atoms with Crippen molar-refractivity contribution < 1.29 is 28.4 Å². The summed E-state index contributed by atoms with van der Waals surface area (Å²) in [6.07, 6.45) is 0.501. The van der Waals surface area contributed by atoms with Crippen LogP contribution in [0, 0.1) is 10.1 Å². The Labute approximate surface area is 213 Å². The SMILES string of the molecule is CC(C)(C)OC(=O)N[C@@H](COCc1ccccc1)C(=O)N/N=C\c1ccc(-c2cccc([N+](=O)[O-])c2)o1. The third-order valence-electron chi connectivity index (χ3n) is 4.74. The molecule has 11 heteroatoms. The number of amides is 2. The van der Waals surface area contributed by atoms with Crippen LogP contribution >= 0.6 is 0 Å². The molecule has 37 heavy (non-hydrogen) atoms. The second-order valence-electron chi connectivity index (χ2n) is 8.94. The number of benzene rings is 2. The molecule has 2 N–H and O–H groups in total. The largest absolute Gasteiger partial charge is 0.455 e. The quantitative estimate of drug-likeness (QED) is 0.234. The number of rotatable bonds is 10. The van der Waals surface area contributed by atoms with Crippen LogP contribution in [-0.2, 0) is 20.9 Å². The number of ether oxygens (including phenoxy) is 2. The molecular formula is C26H28N4O7. The number of nitrogens with zero attached hydrogens (tertiary/aromatic N) is 2. The number of nitrogens with one attached hydrogen (secondary N) is 2. The minimum atomic E-state index is -1.08. The molecule has 2 amide bonds. The van der Waals surface area contributed by atoms with Crippen molar-refractivity contribution in [3.05, 3.63) is 88.2 Å². The van der Waals surface area contributed by atoms with Gasteiger partial charge in [-0.1, -0.05) is 42.5 Å². The Hall–Kier alpha value is -4.51. The van der Waals surface area contributed by atoms with Crippen molar-refractivity contribution in [3.8, 4) is 11.3 Å². The standard InChI is InChI=1S/C26H28N4O7/c1-26(2,3)37-25(32)28-22(17-35-16-18-8-5-4-6-9-18)24(31)29-27-15-21-12-13-23(36-21)19-10-7-11-20(14-19)30(33)34/h4-15,22H,16-17H2,1-3H3,(H,28,32)(H,29,31)/b27-15-/t22-/m0/s1. The van der Waals surface area contributed by atoms with Gasteiger partial charge < -0.3 is 19.2 Å². The van der Waals surface area contributed by atoms with Crippen LogP contribution in [0.1, 0.15) is 32.1 Å². The molecule has 1 heterocycles. The highest BCUT2D eigenvalue weighted by atomic mass is 16.6. The minimum Gasteiger partial charge on any atom is -0.455 e. The molecule has 194 valence electrons. The summed E-state index contributed by atoms with van der Waals surface area (Å²) >= 11 is 0. The molecule has 0 bridgehead atoms. The first-order valence-corrected chi connectivity index (χ1v) is 11.4. The molecule has 3 aromatic rings. The summed E-state index contributed by atoms with van der Waals surface area (Å²) in [4.78, 5) is 35.5. The first-order valence-electron chi connectivity index (χ1n) is 11.4. The van der Waals surface area contributed by atoms with Crippen molar-refractivity contribution in [1.82, 2.24) is 10.7 Å². The van der Waals surface area contributed by atoms with Crippen molar-refractivity contribution in [2.45, 2.75) is 39.0 Å². The predicted octanol–water partition coefficient (Wildman–Crippen LogP) is 4.42. The lowest BCUT2D eigenvalue weighted by molar-refractivity contribution is -0.384. The molecule has 0 aliphatic heterocycles. The van der Waals surface area contributed by atoms with Crippen LogP contribution in [0.2, 0.25) is 0 Å². The molecule has 1 atom stereocenters. The molecular weight excluding hydrogens is 480 g/mol. The molecule has 3 rings (SSSR count). The zero-order chi connectivity index (χ0) is 26.8. The van der Waals surface area contributed by atoms with E-state index < -0.39 is 28.6 Å². The van der Waals surface area contributed by atoms with Gasteiger partial charge in [-0.2, -0.15) is 5.10 Å². The van der Waals surface area contributed by atoms with E-state index in [0.29, 0.717) is 17.1 Å². The van der Waals surface area contributed by atoms with Gasteiger partial charge in [0.15, 0.2) is 0 Å². The Morgan fingerprint density at radius 2 is 1.86 bits per heavy atom. The lowest BCUT2D eigenvalue weighted by Crippen LogP contribution is -2.49. The van der Waals surface area contributed by atoms with Gasteiger partial charge in [0.2, 0.25) is 0 Å². The summed E-state index contributed by atoms with van der Waals surface area (Å²) in [6, 6.07) is 17.6. The Bertz CT molecular complexity index is 1250. The van der Waals surface area contributed by atoms with Gasteiger partial charge in [-0.25, -0.2) is 10.2 Å². The Morgan fingerprint density at radius 1 is 1.11 bits per heavy atom. The first-order chi connectivity index (χ1) is 17.6. The maximum absolute atomic E-state index is 12.7. The summed E-state index contributed by atoms with van der Waals surface area (Å²) in [5.41, 5.74) is 2.98. The van der Waals surface area contributed by atoms with E-state index in [4.69, 9.17) is 13.9 Å². The molecule has 0 saturated heterocycles. The number of hydrazone groups is 1. The van der Waals surface area contributed by atoms with Crippen LogP contribution in [0.25, 0.3) is 11.3 Å². The van der Waals surface area contributed by atoms with Crippen molar-refractivity contribution in [2.75, 3.05) is 6.61 Å². The molecule has 1 aromatic heterocycles. The average Bonchev–Trinajstić information content (AvgIpc) is 3.32. The smallest absolute Gasteiger partial charge is 0.408 e. The molecule has 0 saturated carbocycles.